The number of carbonyl (C=O) groups excluding carboxylic acids is 1. The van der Waals surface area contributed by atoms with E-state index in [9.17, 15) is 4.79 Å². The van der Waals surface area contributed by atoms with E-state index in [-0.39, 0.29) is 29.9 Å². The first-order valence-electron chi connectivity index (χ1n) is 9.11. The van der Waals surface area contributed by atoms with Crippen LogP contribution in [0.5, 0.6) is 0 Å². The van der Waals surface area contributed by atoms with Gasteiger partial charge in [0.05, 0.1) is 6.54 Å². The number of halogens is 1. The van der Waals surface area contributed by atoms with Crippen LogP contribution >= 0.6 is 24.0 Å². The molecule has 2 rings (SSSR count). The number of guanidine groups is 1. The zero-order valence-electron chi connectivity index (χ0n) is 15.5. The molecule has 0 aliphatic carbocycles. The Balaban J connectivity index is 0.00000288. The van der Waals surface area contributed by atoms with Crippen molar-refractivity contribution in [3.8, 4) is 0 Å². The molecule has 2 heterocycles. The Labute approximate surface area is 164 Å². The number of carbonyl (C=O) groups is 1. The minimum absolute atomic E-state index is 0. The molecule has 0 radical (unpaired) electrons. The summed E-state index contributed by atoms with van der Waals surface area (Å²) in [5.74, 6) is 1.99. The topological polar surface area (TPSA) is 51.2 Å². The number of hydrogen-bond donors (Lipinski definition) is 1. The van der Waals surface area contributed by atoms with Gasteiger partial charge in [-0.3, -0.25) is 9.79 Å². The van der Waals surface area contributed by atoms with Gasteiger partial charge >= 0.3 is 0 Å². The molecule has 1 N–H and O–H groups in total. The van der Waals surface area contributed by atoms with E-state index in [0.717, 1.165) is 57.7 Å². The average Bonchev–Trinajstić information content (AvgIpc) is 2.54. The number of piperazine rings is 1. The van der Waals surface area contributed by atoms with Gasteiger partial charge in [-0.2, -0.15) is 0 Å². The zero-order chi connectivity index (χ0) is 16.7. The molecule has 7 heteroatoms. The maximum atomic E-state index is 11.4. The van der Waals surface area contributed by atoms with E-state index in [1.165, 1.54) is 25.9 Å². The van der Waals surface area contributed by atoms with Crippen molar-refractivity contribution in [3.63, 3.8) is 0 Å². The van der Waals surface area contributed by atoms with Crippen molar-refractivity contribution in [3.05, 3.63) is 0 Å². The smallest absolute Gasteiger partial charge is 0.219 e. The van der Waals surface area contributed by atoms with Gasteiger partial charge in [0.15, 0.2) is 5.96 Å². The summed E-state index contributed by atoms with van der Waals surface area (Å²) in [6.45, 7) is 14.6. The van der Waals surface area contributed by atoms with Crippen LogP contribution < -0.4 is 5.32 Å². The quantitative estimate of drug-likeness (QED) is 0.400. The van der Waals surface area contributed by atoms with Crippen LogP contribution in [-0.4, -0.2) is 85.5 Å². The van der Waals surface area contributed by atoms with Crippen molar-refractivity contribution in [1.29, 1.82) is 0 Å². The Morgan fingerprint density at radius 1 is 1.17 bits per heavy atom. The molecule has 0 bridgehead atoms. The van der Waals surface area contributed by atoms with E-state index >= 15 is 0 Å². The van der Waals surface area contributed by atoms with E-state index < -0.39 is 0 Å². The number of nitrogens with zero attached hydrogens (tertiary/aromatic N) is 4. The summed E-state index contributed by atoms with van der Waals surface area (Å²) in [5.41, 5.74) is 0. The highest BCUT2D eigenvalue weighted by molar-refractivity contribution is 14.0. The highest BCUT2D eigenvalue weighted by Crippen LogP contribution is 2.14. The minimum atomic E-state index is 0. The van der Waals surface area contributed by atoms with Gasteiger partial charge in [-0.15, -0.1) is 24.0 Å². The van der Waals surface area contributed by atoms with Gasteiger partial charge in [0, 0.05) is 52.7 Å². The Morgan fingerprint density at radius 2 is 1.83 bits per heavy atom. The highest BCUT2D eigenvalue weighted by Gasteiger charge is 2.21. The summed E-state index contributed by atoms with van der Waals surface area (Å²) >= 11 is 0. The third kappa shape index (κ3) is 6.74. The second kappa shape index (κ2) is 11.1. The molecule has 1 unspecified atom stereocenters. The number of piperidine rings is 1. The maximum absolute atomic E-state index is 11.4. The first kappa shape index (κ1) is 21.5. The summed E-state index contributed by atoms with van der Waals surface area (Å²) in [7, 11) is 0. The Morgan fingerprint density at radius 3 is 2.42 bits per heavy atom. The Kier molecular flexibility index (Phi) is 9.95. The molecule has 6 nitrogen and oxygen atoms in total. The van der Waals surface area contributed by atoms with Gasteiger partial charge in [-0.05, 0) is 32.2 Å². The van der Waals surface area contributed by atoms with E-state index in [0.29, 0.717) is 0 Å². The average molecular weight is 451 g/mol. The summed E-state index contributed by atoms with van der Waals surface area (Å²) in [6, 6.07) is 0. The van der Waals surface area contributed by atoms with Crippen LogP contribution in [0.25, 0.3) is 0 Å². The standard InChI is InChI=1S/C17H33N5O.HI/c1-4-18-17(22-12-10-21(11-13-22)16(3)23)19-7-9-20-8-5-6-15(2)14-20;/h15H,4-14H2,1-3H3,(H,18,19);1H. The summed E-state index contributed by atoms with van der Waals surface area (Å²) in [6.07, 6.45) is 2.68. The monoisotopic (exact) mass is 451 g/mol. The molecule has 0 aromatic carbocycles. The molecular weight excluding hydrogens is 417 g/mol. The first-order valence-corrected chi connectivity index (χ1v) is 9.11. The number of nitrogens with one attached hydrogen (secondary N) is 1. The lowest BCUT2D eigenvalue weighted by atomic mass is 10.0. The van der Waals surface area contributed by atoms with Crippen LogP contribution in [-0.2, 0) is 4.79 Å². The maximum Gasteiger partial charge on any atom is 0.219 e. The van der Waals surface area contributed by atoms with E-state index in [4.69, 9.17) is 4.99 Å². The van der Waals surface area contributed by atoms with Crippen molar-refractivity contribution >= 4 is 35.8 Å². The molecule has 2 fully saturated rings. The molecule has 2 aliphatic rings. The fourth-order valence-electron chi connectivity index (χ4n) is 3.45. The van der Waals surface area contributed by atoms with Crippen molar-refractivity contribution in [2.75, 3.05) is 58.9 Å². The van der Waals surface area contributed by atoms with Crippen LogP contribution in [0.1, 0.15) is 33.6 Å². The molecular formula is C17H34IN5O. The molecule has 0 aromatic heterocycles. The second-order valence-electron chi connectivity index (χ2n) is 6.78. The summed E-state index contributed by atoms with van der Waals surface area (Å²) < 4.78 is 0. The van der Waals surface area contributed by atoms with Crippen LogP contribution in [0.4, 0.5) is 0 Å². The number of hydrogen-bond acceptors (Lipinski definition) is 3. The third-order valence-corrected chi connectivity index (χ3v) is 4.78. The Hall–Kier alpha value is -0.570. The molecule has 1 amide bonds. The van der Waals surface area contributed by atoms with Crippen LogP contribution in [0, 0.1) is 5.92 Å². The zero-order valence-corrected chi connectivity index (χ0v) is 17.8. The predicted molar refractivity (Wildman–Crippen MR) is 110 cm³/mol. The van der Waals surface area contributed by atoms with Crippen molar-refractivity contribution in [1.82, 2.24) is 20.0 Å². The normalized spacial score (nSPS) is 23.0. The van der Waals surface area contributed by atoms with E-state index in [2.05, 4.69) is 29.0 Å². The molecule has 0 saturated carbocycles. The molecule has 1 atom stereocenters. The van der Waals surface area contributed by atoms with Gasteiger partial charge in [0.1, 0.15) is 0 Å². The minimum Gasteiger partial charge on any atom is -0.357 e. The largest absolute Gasteiger partial charge is 0.357 e. The van der Waals surface area contributed by atoms with Crippen molar-refractivity contribution < 1.29 is 4.79 Å². The molecule has 140 valence electrons. The van der Waals surface area contributed by atoms with Gasteiger partial charge in [0.2, 0.25) is 5.91 Å². The van der Waals surface area contributed by atoms with Crippen molar-refractivity contribution in [2.24, 2.45) is 10.9 Å². The van der Waals surface area contributed by atoms with Crippen LogP contribution in [0.15, 0.2) is 4.99 Å². The lowest BCUT2D eigenvalue weighted by molar-refractivity contribution is -0.130. The number of rotatable bonds is 4. The van der Waals surface area contributed by atoms with E-state index in [1.54, 1.807) is 6.92 Å². The second-order valence-corrected chi connectivity index (χ2v) is 6.78. The summed E-state index contributed by atoms with van der Waals surface area (Å²) in [5, 5.41) is 3.40. The van der Waals surface area contributed by atoms with Gasteiger partial charge in [-0.1, -0.05) is 6.92 Å². The number of likely N-dealkylation sites (tertiary alicyclic amines) is 1. The molecule has 2 saturated heterocycles. The van der Waals surface area contributed by atoms with Crippen molar-refractivity contribution in [2.45, 2.75) is 33.6 Å². The lowest BCUT2D eigenvalue weighted by Crippen LogP contribution is -2.53. The third-order valence-electron chi connectivity index (χ3n) is 4.78. The number of amides is 1. The fourth-order valence-corrected chi connectivity index (χ4v) is 3.45. The molecule has 0 spiro atoms. The van der Waals surface area contributed by atoms with Crippen LogP contribution in [0.2, 0.25) is 0 Å². The van der Waals surface area contributed by atoms with Gasteiger partial charge in [0.25, 0.3) is 0 Å². The molecule has 2 aliphatic heterocycles. The van der Waals surface area contributed by atoms with Crippen LogP contribution in [0.3, 0.4) is 0 Å². The highest BCUT2D eigenvalue weighted by atomic mass is 127. The molecule has 0 aromatic rings. The summed E-state index contributed by atoms with van der Waals surface area (Å²) in [4.78, 5) is 23.0. The predicted octanol–water partition coefficient (Wildman–Crippen LogP) is 1.47. The Bertz CT molecular complexity index is 410. The van der Waals surface area contributed by atoms with Gasteiger partial charge in [-0.25, -0.2) is 0 Å². The van der Waals surface area contributed by atoms with E-state index in [1.807, 2.05) is 4.90 Å². The molecule has 24 heavy (non-hydrogen) atoms. The van der Waals surface area contributed by atoms with Gasteiger partial charge < -0.3 is 20.0 Å². The lowest BCUT2D eigenvalue weighted by Gasteiger charge is -2.36. The number of aliphatic imine (C=N–C) groups is 1. The SMILES string of the molecule is CCNC(=NCCN1CCCC(C)C1)N1CCN(C(C)=O)CC1.I. The first-order chi connectivity index (χ1) is 11.1. The fraction of sp³-hybridized carbons (Fsp3) is 0.882.